The van der Waals surface area contributed by atoms with Crippen molar-refractivity contribution in [3.63, 3.8) is 0 Å². The van der Waals surface area contributed by atoms with E-state index in [1.54, 1.807) is 0 Å². The van der Waals surface area contributed by atoms with E-state index in [0.717, 1.165) is 38.5 Å². The molecular formula is C101H171FN6. The predicted molar refractivity (Wildman–Crippen MR) is 484 cm³/mol. The lowest BCUT2D eigenvalue weighted by atomic mass is 9.86. The van der Waals surface area contributed by atoms with Crippen LogP contribution in [0.5, 0.6) is 0 Å². The van der Waals surface area contributed by atoms with Crippen molar-refractivity contribution in [3.05, 3.63) is 201 Å². The van der Waals surface area contributed by atoms with Crippen molar-refractivity contribution in [2.45, 2.75) is 385 Å². The van der Waals surface area contributed by atoms with Gasteiger partial charge in [-0.25, -0.2) is 0 Å². The van der Waals surface area contributed by atoms with E-state index in [1.807, 2.05) is 0 Å². The smallest absolute Gasteiger partial charge is 0.0785 e. The van der Waals surface area contributed by atoms with Gasteiger partial charge in [0.2, 0.25) is 0 Å². The van der Waals surface area contributed by atoms with Crippen LogP contribution in [0.2, 0.25) is 0 Å². The Labute approximate surface area is 669 Å². The van der Waals surface area contributed by atoms with Crippen molar-refractivity contribution >= 4 is 11.4 Å². The highest BCUT2D eigenvalue weighted by Gasteiger charge is 2.46. The quantitative estimate of drug-likeness (QED) is 0.0580. The number of hydrogen-bond acceptors (Lipinski definition) is 6. The van der Waals surface area contributed by atoms with Gasteiger partial charge in [-0.1, -0.05) is 246 Å². The maximum Gasteiger partial charge on any atom is 0.0785 e. The van der Waals surface area contributed by atoms with Gasteiger partial charge in [0, 0.05) is 67.8 Å². The second kappa shape index (κ2) is 40.9. The normalized spacial score (nSPS) is 14.3. The van der Waals surface area contributed by atoms with Gasteiger partial charge >= 0.3 is 0 Å². The maximum absolute atomic E-state index is 9.50. The Bertz CT molecular complexity index is 3120. The van der Waals surface area contributed by atoms with Crippen molar-refractivity contribution in [2.24, 2.45) is 32.5 Å². The van der Waals surface area contributed by atoms with Gasteiger partial charge in [-0.3, -0.25) is 4.39 Å². The molecule has 7 rings (SSSR count). The van der Waals surface area contributed by atoms with Crippen LogP contribution in [-0.4, -0.2) is 40.4 Å². The highest BCUT2D eigenvalue weighted by Crippen LogP contribution is 2.47. The summed E-state index contributed by atoms with van der Waals surface area (Å²) in [5.41, 5.74) is 19.7. The van der Waals surface area contributed by atoms with E-state index in [2.05, 4.69) is 454 Å². The second-order valence-corrected chi connectivity index (χ2v) is 45.6. The van der Waals surface area contributed by atoms with Crippen LogP contribution in [0.25, 0.3) is 0 Å². The molecule has 0 radical (unpaired) electrons. The molecule has 0 unspecified atom stereocenters. The van der Waals surface area contributed by atoms with E-state index >= 15 is 0 Å². The predicted octanol–water partition coefficient (Wildman–Crippen LogP) is 28.6. The van der Waals surface area contributed by atoms with E-state index < -0.39 is 0 Å². The van der Waals surface area contributed by atoms with Crippen LogP contribution in [0.4, 0.5) is 15.8 Å². The Kier molecular flexibility index (Phi) is 38.2. The third-order valence-corrected chi connectivity index (χ3v) is 16.8. The van der Waals surface area contributed by atoms with Gasteiger partial charge in [0.1, 0.15) is 0 Å². The summed E-state index contributed by atoms with van der Waals surface area (Å²) in [7, 11) is 0.500. The number of alkyl halides is 1. The maximum atomic E-state index is 9.50. The van der Waals surface area contributed by atoms with Gasteiger partial charge in [0.05, 0.1) is 7.18 Å². The molecule has 0 aromatic heterocycles. The first-order valence-corrected chi connectivity index (χ1v) is 41.1. The molecule has 1 aliphatic carbocycles. The Morgan fingerprint density at radius 3 is 0.694 bits per heavy atom. The molecule has 2 atom stereocenters. The summed E-state index contributed by atoms with van der Waals surface area (Å²) >= 11 is 0. The van der Waals surface area contributed by atoms with Crippen LogP contribution in [0.15, 0.2) is 146 Å². The fourth-order valence-corrected chi connectivity index (χ4v) is 13.6. The Morgan fingerprint density at radius 2 is 0.500 bits per heavy atom. The lowest BCUT2D eigenvalue weighted by Crippen LogP contribution is -2.48. The minimum absolute atomic E-state index is 0.00148. The van der Waals surface area contributed by atoms with E-state index in [1.165, 1.54) is 79.9 Å². The monoisotopic (exact) mass is 1490 g/mol. The first-order chi connectivity index (χ1) is 48.4. The molecule has 0 amide bonds. The molecule has 6 aromatic carbocycles. The molecule has 1 aliphatic rings. The van der Waals surface area contributed by atoms with E-state index in [4.69, 9.17) is 0 Å². The zero-order chi connectivity index (χ0) is 84.0. The number of hydrogen-bond donors (Lipinski definition) is 6. The van der Waals surface area contributed by atoms with Crippen molar-refractivity contribution in [2.75, 3.05) is 17.8 Å². The average molecular weight is 1490 g/mol. The van der Waals surface area contributed by atoms with E-state index in [9.17, 15) is 4.39 Å². The van der Waals surface area contributed by atoms with Gasteiger partial charge in [0.25, 0.3) is 0 Å². The van der Waals surface area contributed by atoms with Crippen LogP contribution < -0.4 is 31.9 Å². The summed E-state index contributed by atoms with van der Waals surface area (Å²) < 4.78 is 9.50. The third kappa shape index (κ3) is 49.8. The summed E-state index contributed by atoms with van der Waals surface area (Å²) in [6.45, 7) is 89.7. The van der Waals surface area contributed by atoms with Crippen LogP contribution in [0.3, 0.4) is 0 Å². The average Bonchev–Trinajstić information content (AvgIpc) is 1.61. The molecule has 0 spiro atoms. The molecule has 612 valence electrons. The molecule has 0 bridgehead atoms. The third-order valence-electron chi connectivity index (χ3n) is 16.8. The Morgan fingerprint density at radius 1 is 0.278 bits per heavy atom. The molecule has 6 N–H and O–H groups in total. The number of nitrogens with one attached hydrogen (secondary N) is 6. The molecule has 0 heterocycles. The highest BCUT2D eigenvalue weighted by molar-refractivity contribution is 5.47. The lowest BCUT2D eigenvalue weighted by Gasteiger charge is -2.35. The molecule has 6 nitrogen and oxygen atoms in total. The minimum atomic E-state index is -0.00148. The molecule has 108 heavy (non-hydrogen) atoms. The molecule has 1 fully saturated rings. The van der Waals surface area contributed by atoms with Gasteiger partial charge in [-0.15, -0.1) is 0 Å². The zero-order valence-electron chi connectivity index (χ0n) is 78.0. The van der Waals surface area contributed by atoms with Crippen molar-refractivity contribution < 1.29 is 4.39 Å². The topological polar surface area (TPSA) is 72.2 Å². The number of anilines is 2. The fraction of sp³-hybridized carbons (Fsp3) is 0.644. The largest absolute Gasteiger partial charge is 0.380 e. The van der Waals surface area contributed by atoms with Gasteiger partial charge in [-0.2, -0.15) is 0 Å². The van der Waals surface area contributed by atoms with Crippen LogP contribution in [-0.2, 0) is 49.6 Å². The standard InChI is InChI=1S/C18H29N.C18H31N.2C17H29N.2C15H25N.CH3F/c1-16(2,3)13-14-7-9-15(10-8-14)18(11-12-18)19-17(4,5)6;1-16(2,3)13-14-9-11-15(12-10-14)18(7,8)19-17(4,5)6;2*1-13(18-17(5,6)7)15-10-8-14(9-11-15)12-16(2,3)4;2*1-14(2,3)11-12-7-9-13(10-8-12)16-15(4,5)6;1-2/h7-10,19H,11-13H2,1-6H3;9-12,19H,13H2,1-8H3;2*8-11,13,18H,12H2,1-7H3;2*7-10,16H,11H2,1-6H3;1H3/t;;2*13-;;;/m..10.../s1. The van der Waals surface area contributed by atoms with Crippen molar-refractivity contribution in [3.8, 4) is 0 Å². The summed E-state index contributed by atoms with van der Waals surface area (Å²) in [6, 6.07) is 54.8. The molecule has 6 aromatic rings. The lowest BCUT2D eigenvalue weighted by molar-refractivity contribution is 0.286. The van der Waals surface area contributed by atoms with Crippen LogP contribution in [0.1, 0.15) is 358 Å². The van der Waals surface area contributed by atoms with Crippen molar-refractivity contribution in [1.82, 2.24) is 21.3 Å². The second-order valence-electron chi connectivity index (χ2n) is 45.6. The number of halogens is 1. The molecule has 7 heteroatoms. The van der Waals surface area contributed by atoms with Gasteiger partial charge in [0.15, 0.2) is 0 Å². The summed E-state index contributed by atoms with van der Waals surface area (Å²) in [5, 5.41) is 21.6. The molecule has 0 aliphatic heterocycles. The fourth-order valence-electron chi connectivity index (χ4n) is 13.6. The van der Waals surface area contributed by atoms with E-state index in [-0.39, 0.29) is 44.3 Å². The van der Waals surface area contributed by atoms with Gasteiger partial charge in [-0.05, 0) is 316 Å². The molecule has 1 saturated carbocycles. The summed E-state index contributed by atoms with van der Waals surface area (Å²) in [4.78, 5) is 0. The SMILES string of the molecule is CC(C)(C)Cc1ccc(C(C)(C)NC(C)(C)C)cc1.CC(C)(C)Cc1ccc(C2(NC(C)(C)C)CC2)cc1.CC(C)(C)Cc1ccc(NC(C)(C)C)cc1.CC(C)(C)Cc1ccc(NC(C)(C)C)cc1.CF.C[C@@H](NC(C)(C)C)c1ccc(CC(C)(C)C)cc1.C[C@H](NC(C)(C)C)c1ccc(CC(C)(C)C)cc1. The summed E-state index contributed by atoms with van der Waals surface area (Å²) in [6.07, 6.45) is 9.33. The first-order valence-electron chi connectivity index (χ1n) is 41.1. The van der Waals surface area contributed by atoms with Crippen LogP contribution in [0, 0.1) is 32.5 Å². The summed E-state index contributed by atoms with van der Waals surface area (Å²) in [5.74, 6) is 0. The minimum Gasteiger partial charge on any atom is -0.380 e. The highest BCUT2D eigenvalue weighted by atomic mass is 19.1. The van der Waals surface area contributed by atoms with Crippen molar-refractivity contribution in [1.29, 1.82) is 0 Å². The van der Waals surface area contributed by atoms with Gasteiger partial charge < -0.3 is 31.9 Å². The number of rotatable bonds is 16. The Balaban J connectivity index is 0.000000646. The first kappa shape index (κ1) is 101. The zero-order valence-corrected chi connectivity index (χ0v) is 78.0. The molecular weight excluding hydrogens is 1320 g/mol. The van der Waals surface area contributed by atoms with E-state index in [0.29, 0.717) is 51.8 Å². The number of benzene rings is 6. The Hall–Kier alpha value is -5.31. The molecule has 0 saturated heterocycles. The van der Waals surface area contributed by atoms with Crippen LogP contribution >= 0.6 is 0 Å².